The predicted octanol–water partition coefficient (Wildman–Crippen LogP) is 2.07. The Hall–Kier alpha value is -1.22. The number of rotatable bonds is 3. The molecule has 1 aromatic carbocycles. The Labute approximate surface area is 96.8 Å². The zero-order valence-electron chi connectivity index (χ0n) is 9.90. The van der Waals surface area contributed by atoms with Crippen molar-refractivity contribution in [2.24, 2.45) is 5.92 Å². The lowest BCUT2D eigenvalue weighted by Gasteiger charge is -2.30. The molecule has 1 aromatic rings. The molecule has 2 unspecified atom stereocenters. The number of para-hydroxylation sites is 2. The van der Waals surface area contributed by atoms with Crippen LogP contribution in [0.2, 0.25) is 0 Å². The first-order chi connectivity index (χ1) is 7.81. The van der Waals surface area contributed by atoms with Crippen LogP contribution in [0.4, 0.5) is 0 Å². The molecule has 0 spiro atoms. The third-order valence-electron chi connectivity index (χ3n) is 3.05. The molecule has 2 rings (SSSR count). The summed E-state index contributed by atoms with van der Waals surface area (Å²) in [6.45, 7) is 4.27. The van der Waals surface area contributed by atoms with Gasteiger partial charge in [0.15, 0.2) is 11.5 Å². The molecule has 0 radical (unpaired) electrons. The third-order valence-corrected chi connectivity index (χ3v) is 3.05. The monoisotopic (exact) mass is 221 g/mol. The summed E-state index contributed by atoms with van der Waals surface area (Å²) in [5, 5.41) is 3.37. The summed E-state index contributed by atoms with van der Waals surface area (Å²) in [6.07, 6.45) is 1.34. The van der Waals surface area contributed by atoms with Crippen molar-refractivity contribution in [2.45, 2.75) is 19.4 Å². The Morgan fingerprint density at radius 1 is 1.25 bits per heavy atom. The molecule has 1 aliphatic heterocycles. The molecule has 0 aromatic heterocycles. The standard InChI is InChI=1S/C13H19NO2/c1-10-9-14-8-7-11(10)16-13-6-4-3-5-12(13)15-2/h3-6,10-11,14H,7-9H2,1-2H3. The van der Waals surface area contributed by atoms with Gasteiger partial charge in [0.2, 0.25) is 0 Å². The summed E-state index contributed by atoms with van der Waals surface area (Å²) in [5.41, 5.74) is 0. The number of hydrogen-bond donors (Lipinski definition) is 1. The molecule has 88 valence electrons. The first-order valence-corrected chi connectivity index (χ1v) is 5.81. The second kappa shape index (κ2) is 5.21. The molecule has 2 atom stereocenters. The van der Waals surface area contributed by atoms with E-state index in [0.29, 0.717) is 5.92 Å². The second-order valence-corrected chi connectivity index (χ2v) is 4.28. The van der Waals surface area contributed by atoms with Crippen LogP contribution in [0.5, 0.6) is 11.5 Å². The van der Waals surface area contributed by atoms with Gasteiger partial charge < -0.3 is 14.8 Å². The zero-order chi connectivity index (χ0) is 11.4. The quantitative estimate of drug-likeness (QED) is 0.847. The fraction of sp³-hybridized carbons (Fsp3) is 0.538. The van der Waals surface area contributed by atoms with Crippen LogP contribution in [0, 0.1) is 5.92 Å². The van der Waals surface area contributed by atoms with Crippen molar-refractivity contribution >= 4 is 0 Å². The van der Waals surface area contributed by atoms with E-state index in [1.807, 2.05) is 24.3 Å². The van der Waals surface area contributed by atoms with Crippen LogP contribution in [0.1, 0.15) is 13.3 Å². The molecule has 0 aliphatic carbocycles. The van der Waals surface area contributed by atoms with Crippen LogP contribution in [-0.4, -0.2) is 26.3 Å². The zero-order valence-corrected chi connectivity index (χ0v) is 9.90. The molecular formula is C13H19NO2. The fourth-order valence-electron chi connectivity index (χ4n) is 2.04. The van der Waals surface area contributed by atoms with E-state index in [0.717, 1.165) is 31.0 Å². The lowest BCUT2D eigenvalue weighted by atomic mass is 9.98. The van der Waals surface area contributed by atoms with E-state index < -0.39 is 0 Å². The third kappa shape index (κ3) is 2.47. The van der Waals surface area contributed by atoms with Gasteiger partial charge in [0, 0.05) is 12.5 Å². The van der Waals surface area contributed by atoms with E-state index in [4.69, 9.17) is 9.47 Å². The summed E-state index contributed by atoms with van der Waals surface area (Å²) < 4.78 is 11.3. The number of benzene rings is 1. The van der Waals surface area contributed by atoms with Crippen molar-refractivity contribution in [2.75, 3.05) is 20.2 Å². The molecule has 3 heteroatoms. The van der Waals surface area contributed by atoms with Gasteiger partial charge in [-0.25, -0.2) is 0 Å². The predicted molar refractivity (Wildman–Crippen MR) is 64.1 cm³/mol. The molecule has 1 N–H and O–H groups in total. The van der Waals surface area contributed by atoms with Gasteiger partial charge in [-0.15, -0.1) is 0 Å². The maximum absolute atomic E-state index is 6.02. The first-order valence-electron chi connectivity index (χ1n) is 5.81. The van der Waals surface area contributed by atoms with Gasteiger partial charge in [0.1, 0.15) is 6.10 Å². The minimum Gasteiger partial charge on any atom is -0.493 e. The summed E-state index contributed by atoms with van der Waals surface area (Å²) in [5.74, 6) is 2.20. The van der Waals surface area contributed by atoms with Crippen LogP contribution in [-0.2, 0) is 0 Å². The maximum atomic E-state index is 6.02. The summed E-state index contributed by atoms with van der Waals surface area (Å²) >= 11 is 0. The highest BCUT2D eigenvalue weighted by Gasteiger charge is 2.23. The van der Waals surface area contributed by atoms with Crippen LogP contribution >= 0.6 is 0 Å². The average Bonchev–Trinajstić information content (AvgIpc) is 2.33. The van der Waals surface area contributed by atoms with Crippen molar-refractivity contribution in [3.05, 3.63) is 24.3 Å². The molecular weight excluding hydrogens is 202 g/mol. The van der Waals surface area contributed by atoms with Crippen molar-refractivity contribution < 1.29 is 9.47 Å². The highest BCUT2D eigenvalue weighted by Crippen LogP contribution is 2.29. The van der Waals surface area contributed by atoms with Crippen molar-refractivity contribution in [1.82, 2.24) is 5.32 Å². The summed E-state index contributed by atoms with van der Waals surface area (Å²) in [7, 11) is 1.67. The Balaban J connectivity index is 2.07. The van der Waals surface area contributed by atoms with Gasteiger partial charge in [-0.2, -0.15) is 0 Å². The Kier molecular flexibility index (Phi) is 3.67. The Morgan fingerprint density at radius 3 is 2.69 bits per heavy atom. The highest BCUT2D eigenvalue weighted by atomic mass is 16.5. The van der Waals surface area contributed by atoms with Crippen LogP contribution in [0.25, 0.3) is 0 Å². The van der Waals surface area contributed by atoms with E-state index in [1.165, 1.54) is 0 Å². The minimum atomic E-state index is 0.289. The highest BCUT2D eigenvalue weighted by molar-refractivity contribution is 5.39. The molecule has 1 aliphatic rings. The number of hydrogen-bond acceptors (Lipinski definition) is 3. The second-order valence-electron chi connectivity index (χ2n) is 4.28. The summed E-state index contributed by atoms with van der Waals surface area (Å²) in [6, 6.07) is 7.83. The van der Waals surface area contributed by atoms with Crippen molar-refractivity contribution in [3.8, 4) is 11.5 Å². The molecule has 3 nitrogen and oxygen atoms in total. The van der Waals surface area contributed by atoms with E-state index in [1.54, 1.807) is 7.11 Å². The Morgan fingerprint density at radius 2 is 2.00 bits per heavy atom. The van der Waals surface area contributed by atoms with Crippen LogP contribution in [0.3, 0.4) is 0 Å². The average molecular weight is 221 g/mol. The number of nitrogens with one attached hydrogen (secondary N) is 1. The van der Waals surface area contributed by atoms with Gasteiger partial charge in [0.05, 0.1) is 7.11 Å². The molecule has 16 heavy (non-hydrogen) atoms. The SMILES string of the molecule is COc1ccccc1OC1CCNCC1C. The number of piperidine rings is 1. The van der Waals surface area contributed by atoms with Gasteiger partial charge >= 0.3 is 0 Å². The van der Waals surface area contributed by atoms with E-state index in [9.17, 15) is 0 Å². The van der Waals surface area contributed by atoms with Crippen LogP contribution in [0.15, 0.2) is 24.3 Å². The largest absolute Gasteiger partial charge is 0.493 e. The molecule has 1 saturated heterocycles. The van der Waals surface area contributed by atoms with Gasteiger partial charge in [-0.1, -0.05) is 19.1 Å². The fourth-order valence-corrected chi connectivity index (χ4v) is 2.04. The van der Waals surface area contributed by atoms with Gasteiger partial charge in [-0.05, 0) is 25.1 Å². The van der Waals surface area contributed by atoms with E-state index in [2.05, 4.69) is 12.2 Å². The smallest absolute Gasteiger partial charge is 0.161 e. The van der Waals surface area contributed by atoms with E-state index in [-0.39, 0.29) is 6.10 Å². The van der Waals surface area contributed by atoms with Crippen molar-refractivity contribution in [3.63, 3.8) is 0 Å². The van der Waals surface area contributed by atoms with E-state index >= 15 is 0 Å². The topological polar surface area (TPSA) is 30.5 Å². The summed E-state index contributed by atoms with van der Waals surface area (Å²) in [4.78, 5) is 0. The van der Waals surface area contributed by atoms with Crippen molar-refractivity contribution in [1.29, 1.82) is 0 Å². The molecule has 0 saturated carbocycles. The van der Waals surface area contributed by atoms with Gasteiger partial charge in [0.25, 0.3) is 0 Å². The molecule has 0 amide bonds. The first kappa shape index (κ1) is 11.3. The normalized spacial score (nSPS) is 25.1. The lowest BCUT2D eigenvalue weighted by molar-refractivity contribution is 0.108. The Bertz CT molecular complexity index is 340. The molecule has 1 heterocycles. The molecule has 1 fully saturated rings. The minimum absolute atomic E-state index is 0.289. The van der Waals surface area contributed by atoms with Gasteiger partial charge in [-0.3, -0.25) is 0 Å². The molecule has 0 bridgehead atoms. The maximum Gasteiger partial charge on any atom is 0.161 e. The van der Waals surface area contributed by atoms with Crippen LogP contribution < -0.4 is 14.8 Å². The number of ether oxygens (including phenoxy) is 2. The number of methoxy groups -OCH3 is 1. The lowest BCUT2D eigenvalue weighted by Crippen LogP contribution is -2.41.